The van der Waals surface area contributed by atoms with Crippen LogP contribution >= 0.6 is 0 Å². The molecule has 4 rings (SSSR count). The molecule has 1 unspecified atom stereocenters. The first-order chi connectivity index (χ1) is 12.7. The molecule has 2 fully saturated rings. The average Bonchev–Trinajstić information content (AvgIpc) is 3.42. The predicted molar refractivity (Wildman–Crippen MR) is 100 cm³/mol. The molecule has 6 heteroatoms. The third-order valence-electron chi connectivity index (χ3n) is 5.35. The number of amides is 1. The highest BCUT2D eigenvalue weighted by Gasteiger charge is 2.35. The van der Waals surface area contributed by atoms with Crippen LogP contribution < -0.4 is 5.32 Å². The number of nitrogens with one attached hydrogen (secondary N) is 1. The van der Waals surface area contributed by atoms with Crippen molar-refractivity contribution in [2.45, 2.75) is 31.5 Å². The lowest BCUT2D eigenvalue weighted by atomic mass is 10.1. The summed E-state index contributed by atoms with van der Waals surface area (Å²) in [5.41, 5.74) is 1.20. The van der Waals surface area contributed by atoms with Gasteiger partial charge in [-0.1, -0.05) is 30.3 Å². The minimum absolute atomic E-state index is 0.144. The number of carbonyl (C=O) groups is 1. The van der Waals surface area contributed by atoms with Gasteiger partial charge < -0.3 is 14.8 Å². The first-order valence-corrected chi connectivity index (χ1v) is 9.48. The summed E-state index contributed by atoms with van der Waals surface area (Å²) in [6, 6.07) is 10.9. The van der Waals surface area contributed by atoms with Crippen LogP contribution in [0.3, 0.4) is 0 Å². The van der Waals surface area contributed by atoms with Gasteiger partial charge in [0, 0.05) is 51.7 Å². The van der Waals surface area contributed by atoms with E-state index in [9.17, 15) is 4.79 Å². The molecule has 2 aromatic rings. The van der Waals surface area contributed by atoms with Crippen molar-refractivity contribution in [3.05, 3.63) is 54.1 Å². The number of nitrogens with zero attached hydrogens (tertiary/aromatic N) is 4. The number of piperazine rings is 1. The molecule has 1 saturated carbocycles. The van der Waals surface area contributed by atoms with Crippen LogP contribution in [0.5, 0.6) is 0 Å². The molecule has 1 aromatic carbocycles. The SMILES string of the molecule is Cn1ccnc1C1CNCCN1CC(=O)N(Cc1ccccc1)C1CC1. The Morgan fingerprint density at radius 3 is 2.81 bits per heavy atom. The van der Waals surface area contributed by atoms with Crippen molar-refractivity contribution in [2.75, 3.05) is 26.2 Å². The molecule has 2 aliphatic rings. The standard InChI is InChI=1S/C20H27N5O/c1-23-11-10-22-20(23)18-13-21-9-12-24(18)15-19(26)25(17-7-8-17)14-16-5-3-2-4-6-16/h2-6,10-11,17-18,21H,7-9,12-15H2,1H3. The molecule has 0 radical (unpaired) electrons. The third kappa shape index (κ3) is 3.81. The van der Waals surface area contributed by atoms with Crippen LogP contribution in [0.4, 0.5) is 0 Å². The summed E-state index contributed by atoms with van der Waals surface area (Å²) in [6.45, 7) is 3.79. The molecule has 0 spiro atoms. The lowest BCUT2D eigenvalue weighted by Crippen LogP contribution is -2.51. The number of benzene rings is 1. The molecule has 2 heterocycles. The Kier molecular flexibility index (Phi) is 5.04. The minimum Gasteiger partial charge on any atom is -0.337 e. The second kappa shape index (κ2) is 7.60. The fourth-order valence-electron chi connectivity index (χ4n) is 3.74. The zero-order valence-electron chi connectivity index (χ0n) is 15.3. The topological polar surface area (TPSA) is 53.4 Å². The molecule has 1 saturated heterocycles. The summed E-state index contributed by atoms with van der Waals surface area (Å²) in [6.07, 6.45) is 6.05. The Hall–Kier alpha value is -2.18. The first-order valence-electron chi connectivity index (χ1n) is 9.48. The van der Waals surface area contributed by atoms with Gasteiger partial charge in [-0.25, -0.2) is 4.98 Å². The quantitative estimate of drug-likeness (QED) is 0.856. The lowest BCUT2D eigenvalue weighted by Gasteiger charge is -2.36. The number of aryl methyl sites for hydroxylation is 1. The molecule has 1 N–H and O–H groups in total. The van der Waals surface area contributed by atoms with E-state index in [2.05, 4.69) is 36.8 Å². The summed E-state index contributed by atoms with van der Waals surface area (Å²) in [4.78, 5) is 22.0. The van der Waals surface area contributed by atoms with Crippen molar-refractivity contribution >= 4 is 5.91 Å². The monoisotopic (exact) mass is 353 g/mol. The highest BCUT2D eigenvalue weighted by Crippen LogP contribution is 2.29. The summed E-state index contributed by atoms with van der Waals surface area (Å²) in [5.74, 6) is 1.25. The summed E-state index contributed by atoms with van der Waals surface area (Å²) < 4.78 is 2.05. The van der Waals surface area contributed by atoms with Gasteiger partial charge in [0.05, 0.1) is 12.6 Å². The van der Waals surface area contributed by atoms with Gasteiger partial charge in [-0.15, -0.1) is 0 Å². The van der Waals surface area contributed by atoms with Crippen LogP contribution in [0.1, 0.15) is 30.3 Å². The Labute approximate surface area is 154 Å². The first kappa shape index (κ1) is 17.2. The highest BCUT2D eigenvalue weighted by molar-refractivity contribution is 5.79. The van der Waals surface area contributed by atoms with Gasteiger partial charge in [0.15, 0.2) is 0 Å². The molecular weight excluding hydrogens is 326 g/mol. The van der Waals surface area contributed by atoms with Crippen LogP contribution in [0.15, 0.2) is 42.7 Å². The summed E-state index contributed by atoms with van der Waals surface area (Å²) in [5, 5.41) is 3.44. The number of rotatable bonds is 6. The van der Waals surface area contributed by atoms with E-state index in [1.807, 2.05) is 37.6 Å². The van der Waals surface area contributed by atoms with Crippen molar-refractivity contribution in [1.82, 2.24) is 24.7 Å². The Bertz CT molecular complexity index is 740. The van der Waals surface area contributed by atoms with E-state index < -0.39 is 0 Å². The number of imidazole rings is 1. The average molecular weight is 353 g/mol. The van der Waals surface area contributed by atoms with E-state index in [4.69, 9.17) is 0 Å². The van der Waals surface area contributed by atoms with E-state index in [1.165, 1.54) is 5.56 Å². The van der Waals surface area contributed by atoms with Crippen molar-refractivity contribution in [1.29, 1.82) is 0 Å². The molecule has 6 nitrogen and oxygen atoms in total. The van der Waals surface area contributed by atoms with Crippen molar-refractivity contribution in [3.63, 3.8) is 0 Å². The maximum atomic E-state index is 13.1. The fraction of sp³-hybridized carbons (Fsp3) is 0.500. The van der Waals surface area contributed by atoms with Crippen LogP contribution in [0.25, 0.3) is 0 Å². The zero-order valence-corrected chi connectivity index (χ0v) is 15.3. The molecule has 1 atom stereocenters. The smallest absolute Gasteiger partial charge is 0.237 e. The van der Waals surface area contributed by atoms with E-state index in [1.54, 1.807) is 0 Å². The van der Waals surface area contributed by atoms with E-state index in [0.29, 0.717) is 19.1 Å². The predicted octanol–water partition coefficient (Wildman–Crippen LogP) is 1.56. The van der Waals surface area contributed by atoms with Gasteiger partial charge >= 0.3 is 0 Å². The van der Waals surface area contributed by atoms with Gasteiger partial charge in [0.25, 0.3) is 0 Å². The lowest BCUT2D eigenvalue weighted by molar-refractivity contribution is -0.134. The van der Waals surface area contributed by atoms with Gasteiger partial charge in [-0.3, -0.25) is 9.69 Å². The number of aromatic nitrogens is 2. The van der Waals surface area contributed by atoms with Gasteiger partial charge in [-0.05, 0) is 18.4 Å². The van der Waals surface area contributed by atoms with Crippen LogP contribution in [-0.4, -0.2) is 57.5 Å². The second-order valence-corrected chi connectivity index (χ2v) is 7.33. The maximum absolute atomic E-state index is 13.1. The molecule has 0 bridgehead atoms. The molecule has 138 valence electrons. The van der Waals surface area contributed by atoms with Gasteiger partial charge in [-0.2, -0.15) is 0 Å². The minimum atomic E-state index is 0.144. The molecule has 26 heavy (non-hydrogen) atoms. The van der Waals surface area contributed by atoms with Gasteiger partial charge in [0.1, 0.15) is 5.82 Å². The Morgan fingerprint density at radius 2 is 2.12 bits per heavy atom. The number of hydrogen-bond donors (Lipinski definition) is 1. The van der Waals surface area contributed by atoms with E-state index in [-0.39, 0.29) is 11.9 Å². The summed E-state index contributed by atoms with van der Waals surface area (Å²) >= 11 is 0. The number of hydrogen-bond acceptors (Lipinski definition) is 4. The normalized spacial score (nSPS) is 20.9. The van der Waals surface area contributed by atoms with Gasteiger partial charge in [0.2, 0.25) is 5.91 Å². The van der Waals surface area contributed by atoms with E-state index >= 15 is 0 Å². The molecule has 1 amide bonds. The third-order valence-corrected chi connectivity index (χ3v) is 5.35. The fourth-order valence-corrected chi connectivity index (χ4v) is 3.74. The van der Waals surface area contributed by atoms with Crippen molar-refractivity contribution in [2.24, 2.45) is 7.05 Å². The molecule has 1 aromatic heterocycles. The maximum Gasteiger partial charge on any atom is 0.237 e. The largest absolute Gasteiger partial charge is 0.337 e. The molecule has 1 aliphatic heterocycles. The summed E-state index contributed by atoms with van der Waals surface area (Å²) in [7, 11) is 2.02. The van der Waals surface area contributed by atoms with E-state index in [0.717, 1.165) is 38.3 Å². The highest BCUT2D eigenvalue weighted by atomic mass is 16.2. The van der Waals surface area contributed by atoms with Crippen LogP contribution in [0, 0.1) is 0 Å². The van der Waals surface area contributed by atoms with Crippen molar-refractivity contribution < 1.29 is 4.79 Å². The van der Waals surface area contributed by atoms with Crippen LogP contribution in [0.2, 0.25) is 0 Å². The number of carbonyl (C=O) groups excluding carboxylic acids is 1. The Balaban J connectivity index is 1.47. The Morgan fingerprint density at radius 1 is 1.31 bits per heavy atom. The second-order valence-electron chi connectivity index (χ2n) is 7.33. The molecule has 1 aliphatic carbocycles. The van der Waals surface area contributed by atoms with Crippen LogP contribution in [-0.2, 0) is 18.4 Å². The zero-order chi connectivity index (χ0) is 17.9. The molecular formula is C20H27N5O. The van der Waals surface area contributed by atoms with Crippen molar-refractivity contribution in [3.8, 4) is 0 Å².